The lowest BCUT2D eigenvalue weighted by atomic mass is 10.0. The Morgan fingerprint density at radius 3 is 2.48 bits per heavy atom. The number of imide groups is 1. The molecule has 0 aliphatic carbocycles. The summed E-state index contributed by atoms with van der Waals surface area (Å²) in [7, 11) is 0. The fourth-order valence-electron chi connectivity index (χ4n) is 2.52. The number of nitrogens with zero attached hydrogens (tertiary/aromatic N) is 2. The van der Waals surface area contributed by atoms with Crippen LogP contribution in [0.1, 0.15) is 27.2 Å². The summed E-state index contributed by atoms with van der Waals surface area (Å²) >= 11 is 0. The van der Waals surface area contributed by atoms with Gasteiger partial charge in [-0.05, 0) is 26.2 Å². The van der Waals surface area contributed by atoms with Crippen molar-refractivity contribution in [3.8, 4) is 0 Å². The van der Waals surface area contributed by atoms with E-state index in [0.717, 1.165) is 18.1 Å². The van der Waals surface area contributed by atoms with E-state index in [-0.39, 0.29) is 17.9 Å². The van der Waals surface area contributed by atoms with Crippen LogP contribution < -0.4 is 0 Å². The minimum Gasteiger partial charge on any atom is -0.373 e. The van der Waals surface area contributed by atoms with Crippen LogP contribution in [-0.4, -0.2) is 66.0 Å². The summed E-state index contributed by atoms with van der Waals surface area (Å²) in [4.78, 5) is 31.7. The molecule has 0 aromatic heterocycles. The molecule has 3 amide bonds. The molecule has 0 saturated carbocycles. The molecule has 21 heavy (non-hydrogen) atoms. The predicted molar refractivity (Wildman–Crippen MR) is 72.2 cm³/mol. The van der Waals surface area contributed by atoms with Crippen molar-refractivity contribution in [3.63, 3.8) is 0 Å². The molecule has 0 spiro atoms. The SMILES string of the molecule is CC(CON1C(=O)N(CC2CO2)C(C)(C)C1=O)CC1CO1. The van der Waals surface area contributed by atoms with Crippen molar-refractivity contribution < 1.29 is 23.9 Å². The summed E-state index contributed by atoms with van der Waals surface area (Å²) in [6.45, 7) is 7.71. The predicted octanol–water partition coefficient (Wildman–Crippen LogP) is 0.785. The number of carbonyl (C=O) groups excluding carboxylic acids is 2. The highest BCUT2D eigenvalue weighted by molar-refractivity contribution is 6.05. The van der Waals surface area contributed by atoms with Crippen molar-refractivity contribution in [2.24, 2.45) is 5.92 Å². The van der Waals surface area contributed by atoms with Gasteiger partial charge in [0.05, 0.1) is 38.6 Å². The van der Waals surface area contributed by atoms with Gasteiger partial charge in [-0.25, -0.2) is 4.79 Å². The number of hydroxylamine groups is 2. The second-order valence-electron chi connectivity index (χ2n) is 6.60. The number of hydrogen-bond donors (Lipinski definition) is 0. The number of ether oxygens (including phenoxy) is 2. The zero-order valence-corrected chi connectivity index (χ0v) is 12.7. The maximum absolute atomic E-state index is 12.4. The van der Waals surface area contributed by atoms with Crippen molar-refractivity contribution >= 4 is 11.9 Å². The summed E-state index contributed by atoms with van der Waals surface area (Å²) in [5, 5.41) is 0.909. The Labute approximate surface area is 124 Å². The molecule has 0 aromatic carbocycles. The molecule has 3 rings (SSSR count). The van der Waals surface area contributed by atoms with E-state index in [0.29, 0.717) is 25.9 Å². The number of rotatable bonds is 7. The molecule has 3 heterocycles. The maximum atomic E-state index is 12.4. The third-order valence-corrected chi connectivity index (χ3v) is 4.13. The Bertz CT molecular complexity index is 445. The maximum Gasteiger partial charge on any atom is 0.352 e. The Morgan fingerprint density at radius 1 is 1.29 bits per heavy atom. The number of carbonyl (C=O) groups is 2. The molecule has 3 fully saturated rings. The standard InChI is InChI=1S/C14H22N2O5/c1-9(4-10-7-19-10)6-21-16-12(17)14(2,3)15(13(16)18)5-11-8-20-11/h9-11H,4-8H2,1-3H3. The van der Waals surface area contributed by atoms with Gasteiger partial charge in [-0.3, -0.25) is 9.63 Å². The minimum atomic E-state index is -0.883. The summed E-state index contributed by atoms with van der Waals surface area (Å²) in [5.41, 5.74) is -0.883. The van der Waals surface area contributed by atoms with Crippen LogP contribution in [0, 0.1) is 5.92 Å². The van der Waals surface area contributed by atoms with E-state index in [1.165, 1.54) is 4.90 Å². The number of urea groups is 1. The first-order valence-corrected chi connectivity index (χ1v) is 7.42. The van der Waals surface area contributed by atoms with Crippen LogP contribution in [0.2, 0.25) is 0 Å². The van der Waals surface area contributed by atoms with E-state index in [1.54, 1.807) is 13.8 Å². The van der Waals surface area contributed by atoms with Crippen molar-refractivity contribution in [1.29, 1.82) is 0 Å². The minimum absolute atomic E-state index is 0.0481. The van der Waals surface area contributed by atoms with Gasteiger partial charge in [0.25, 0.3) is 5.91 Å². The van der Waals surface area contributed by atoms with Crippen LogP contribution in [0.5, 0.6) is 0 Å². The summed E-state index contributed by atoms with van der Waals surface area (Å²) in [5.74, 6) is -0.0787. The molecule has 118 valence electrons. The number of amides is 3. The monoisotopic (exact) mass is 298 g/mol. The highest BCUT2D eigenvalue weighted by atomic mass is 16.7. The van der Waals surface area contributed by atoms with Crippen molar-refractivity contribution in [2.75, 3.05) is 26.4 Å². The third kappa shape index (κ3) is 3.04. The van der Waals surface area contributed by atoms with Gasteiger partial charge >= 0.3 is 6.03 Å². The Hall–Kier alpha value is -1.18. The quantitative estimate of drug-likeness (QED) is 0.513. The van der Waals surface area contributed by atoms with Crippen LogP contribution >= 0.6 is 0 Å². The van der Waals surface area contributed by atoms with E-state index >= 15 is 0 Å². The summed E-state index contributed by atoms with van der Waals surface area (Å²) in [6, 6.07) is -0.393. The van der Waals surface area contributed by atoms with Crippen LogP contribution in [0.3, 0.4) is 0 Å². The van der Waals surface area contributed by atoms with Gasteiger partial charge in [0.1, 0.15) is 5.54 Å². The van der Waals surface area contributed by atoms with Crippen molar-refractivity contribution in [3.05, 3.63) is 0 Å². The fourth-order valence-corrected chi connectivity index (χ4v) is 2.52. The lowest BCUT2D eigenvalue weighted by Gasteiger charge is -2.26. The van der Waals surface area contributed by atoms with E-state index in [4.69, 9.17) is 14.3 Å². The molecule has 3 atom stereocenters. The molecule has 7 nitrogen and oxygen atoms in total. The molecular formula is C14H22N2O5. The first-order valence-electron chi connectivity index (χ1n) is 7.42. The van der Waals surface area contributed by atoms with Gasteiger partial charge in [-0.15, -0.1) is 5.06 Å². The second kappa shape index (κ2) is 5.23. The van der Waals surface area contributed by atoms with E-state index in [1.807, 2.05) is 6.92 Å². The molecule has 3 saturated heterocycles. The lowest BCUT2D eigenvalue weighted by Crippen LogP contribution is -2.45. The van der Waals surface area contributed by atoms with Gasteiger partial charge in [0, 0.05) is 0 Å². The molecule has 0 N–H and O–H groups in total. The highest BCUT2D eigenvalue weighted by Gasteiger charge is 2.53. The summed E-state index contributed by atoms with van der Waals surface area (Å²) in [6.07, 6.45) is 1.25. The van der Waals surface area contributed by atoms with Gasteiger partial charge in [-0.2, -0.15) is 0 Å². The Kier molecular flexibility index (Phi) is 3.67. The van der Waals surface area contributed by atoms with Crippen LogP contribution in [-0.2, 0) is 19.1 Å². The Morgan fingerprint density at radius 2 is 1.90 bits per heavy atom. The first-order chi connectivity index (χ1) is 9.89. The average molecular weight is 298 g/mol. The molecule has 0 radical (unpaired) electrons. The molecule has 3 aliphatic heterocycles. The van der Waals surface area contributed by atoms with E-state index in [2.05, 4.69) is 0 Å². The number of hydrogen-bond acceptors (Lipinski definition) is 5. The van der Waals surface area contributed by atoms with Gasteiger partial charge in [0.2, 0.25) is 0 Å². The number of epoxide rings is 2. The second-order valence-corrected chi connectivity index (χ2v) is 6.60. The normalized spacial score (nSPS) is 31.8. The van der Waals surface area contributed by atoms with Gasteiger partial charge in [-0.1, -0.05) is 6.92 Å². The molecule has 3 aliphatic rings. The third-order valence-electron chi connectivity index (χ3n) is 4.13. The lowest BCUT2D eigenvalue weighted by molar-refractivity contribution is -0.169. The van der Waals surface area contributed by atoms with E-state index in [9.17, 15) is 9.59 Å². The zero-order chi connectivity index (χ0) is 15.2. The smallest absolute Gasteiger partial charge is 0.352 e. The first kappa shape index (κ1) is 14.7. The summed E-state index contributed by atoms with van der Waals surface area (Å²) < 4.78 is 10.3. The molecule has 0 aromatic rings. The van der Waals surface area contributed by atoms with E-state index < -0.39 is 11.6 Å². The van der Waals surface area contributed by atoms with Crippen LogP contribution in [0.25, 0.3) is 0 Å². The molecule has 7 heteroatoms. The fraction of sp³-hybridized carbons (Fsp3) is 0.857. The Balaban J connectivity index is 1.58. The topological polar surface area (TPSA) is 74.9 Å². The molecular weight excluding hydrogens is 276 g/mol. The molecule has 3 unspecified atom stereocenters. The van der Waals surface area contributed by atoms with Crippen molar-refractivity contribution in [1.82, 2.24) is 9.96 Å². The van der Waals surface area contributed by atoms with Gasteiger partial charge in [0.15, 0.2) is 0 Å². The van der Waals surface area contributed by atoms with Crippen LogP contribution in [0.15, 0.2) is 0 Å². The average Bonchev–Trinajstić information content (AvgIpc) is 3.29. The van der Waals surface area contributed by atoms with Gasteiger partial charge < -0.3 is 14.4 Å². The highest BCUT2D eigenvalue weighted by Crippen LogP contribution is 2.30. The van der Waals surface area contributed by atoms with Crippen LogP contribution in [0.4, 0.5) is 4.79 Å². The largest absolute Gasteiger partial charge is 0.373 e. The zero-order valence-electron chi connectivity index (χ0n) is 12.7. The molecule has 0 bridgehead atoms. The van der Waals surface area contributed by atoms with Crippen molar-refractivity contribution in [2.45, 2.75) is 44.9 Å².